The van der Waals surface area contributed by atoms with Crippen LogP contribution in [0.2, 0.25) is 0 Å². The van der Waals surface area contributed by atoms with Gasteiger partial charge in [0, 0.05) is 6.54 Å². The third-order valence-corrected chi connectivity index (χ3v) is 5.16. The predicted molar refractivity (Wildman–Crippen MR) is 76.3 cm³/mol. The maximum atomic E-state index is 12.4. The highest BCUT2D eigenvalue weighted by atomic mass is 32.2. The fourth-order valence-electron chi connectivity index (χ4n) is 2.51. The first-order valence-corrected chi connectivity index (χ1v) is 8.21. The van der Waals surface area contributed by atoms with Crippen molar-refractivity contribution in [3.8, 4) is 5.75 Å². The normalized spacial score (nSPS) is 18.1. The highest BCUT2D eigenvalue weighted by Gasteiger charge is 2.33. The maximum Gasteiger partial charge on any atom is 0.244 e. The van der Waals surface area contributed by atoms with Crippen molar-refractivity contribution in [2.45, 2.75) is 43.1 Å². The van der Waals surface area contributed by atoms with Crippen molar-refractivity contribution in [2.75, 3.05) is 13.7 Å². The Morgan fingerprint density at radius 2 is 2.00 bits per heavy atom. The minimum atomic E-state index is -3.69. The summed E-state index contributed by atoms with van der Waals surface area (Å²) in [5.41, 5.74) is -0.0739. The van der Waals surface area contributed by atoms with Crippen LogP contribution in [-0.4, -0.2) is 32.8 Å². The largest absolute Gasteiger partial charge is 0.495 e. The van der Waals surface area contributed by atoms with E-state index in [1.54, 1.807) is 18.2 Å². The molecule has 5 nitrogen and oxygen atoms in total. The molecule has 0 aromatic heterocycles. The van der Waals surface area contributed by atoms with Crippen LogP contribution in [0.15, 0.2) is 23.1 Å². The molecule has 0 saturated heterocycles. The Morgan fingerprint density at radius 3 is 2.60 bits per heavy atom. The molecule has 2 rings (SSSR count). The van der Waals surface area contributed by atoms with Crippen LogP contribution in [0.3, 0.4) is 0 Å². The number of rotatable bonds is 5. The number of methoxy groups -OCH3 is 1. The third-order valence-electron chi connectivity index (χ3n) is 3.73. The smallest absolute Gasteiger partial charge is 0.244 e. The molecule has 1 aliphatic carbocycles. The van der Waals surface area contributed by atoms with Crippen LogP contribution in [0.1, 0.15) is 31.2 Å². The molecule has 0 unspecified atom stereocenters. The topological polar surface area (TPSA) is 75.6 Å². The Hall–Kier alpha value is -1.11. The minimum absolute atomic E-state index is 0.0480. The van der Waals surface area contributed by atoms with Crippen LogP contribution in [0.4, 0.5) is 0 Å². The average Bonchev–Trinajstić information content (AvgIpc) is 2.84. The zero-order valence-corrected chi connectivity index (χ0v) is 12.7. The fourth-order valence-corrected chi connectivity index (χ4v) is 3.88. The van der Waals surface area contributed by atoms with E-state index in [4.69, 9.17) is 4.74 Å². The van der Waals surface area contributed by atoms with Gasteiger partial charge >= 0.3 is 0 Å². The summed E-state index contributed by atoms with van der Waals surface area (Å²) in [6.45, 7) is 1.87. The summed E-state index contributed by atoms with van der Waals surface area (Å²) < 4.78 is 32.3. The Bertz CT molecular complexity index is 577. The van der Waals surface area contributed by atoms with Gasteiger partial charge in [-0.1, -0.05) is 18.9 Å². The van der Waals surface area contributed by atoms with Gasteiger partial charge < -0.3 is 9.84 Å². The van der Waals surface area contributed by atoms with E-state index in [0.29, 0.717) is 18.6 Å². The summed E-state index contributed by atoms with van der Waals surface area (Å²) in [6.07, 6.45) is 3.15. The van der Waals surface area contributed by atoms with Crippen molar-refractivity contribution >= 4 is 10.0 Å². The summed E-state index contributed by atoms with van der Waals surface area (Å²) in [4.78, 5) is 0.113. The zero-order valence-electron chi connectivity index (χ0n) is 11.8. The van der Waals surface area contributed by atoms with Crippen molar-refractivity contribution in [2.24, 2.45) is 0 Å². The molecule has 1 aromatic rings. The van der Waals surface area contributed by atoms with Crippen molar-refractivity contribution in [3.63, 3.8) is 0 Å². The molecule has 1 fully saturated rings. The average molecular weight is 299 g/mol. The molecule has 0 radical (unpaired) electrons. The van der Waals surface area contributed by atoms with Crippen LogP contribution in [0.5, 0.6) is 5.75 Å². The molecule has 1 saturated carbocycles. The summed E-state index contributed by atoms with van der Waals surface area (Å²) >= 11 is 0. The van der Waals surface area contributed by atoms with Gasteiger partial charge in [-0.3, -0.25) is 0 Å². The SMILES string of the molecule is COc1ccc(C)cc1S(=O)(=O)NCC1(O)CCCC1. The van der Waals surface area contributed by atoms with Gasteiger partial charge in [-0.25, -0.2) is 13.1 Å². The zero-order chi connectivity index (χ0) is 14.8. The van der Waals surface area contributed by atoms with Crippen LogP contribution >= 0.6 is 0 Å². The maximum absolute atomic E-state index is 12.4. The number of hydrogen-bond donors (Lipinski definition) is 2. The Kier molecular flexibility index (Phi) is 4.36. The number of aliphatic hydroxyl groups is 1. The molecule has 0 spiro atoms. The summed E-state index contributed by atoms with van der Waals surface area (Å²) in [5.74, 6) is 0.307. The molecule has 0 atom stereocenters. The highest BCUT2D eigenvalue weighted by molar-refractivity contribution is 7.89. The van der Waals surface area contributed by atoms with Crippen molar-refractivity contribution < 1.29 is 18.3 Å². The second-order valence-electron chi connectivity index (χ2n) is 5.41. The third kappa shape index (κ3) is 3.31. The van der Waals surface area contributed by atoms with Gasteiger partial charge in [0.05, 0.1) is 12.7 Å². The van der Waals surface area contributed by atoms with Gasteiger partial charge in [0.2, 0.25) is 10.0 Å². The molecule has 0 aliphatic heterocycles. The van der Waals surface area contributed by atoms with Gasteiger partial charge in [0.15, 0.2) is 0 Å². The number of hydrogen-bond acceptors (Lipinski definition) is 4. The van der Waals surface area contributed by atoms with Gasteiger partial charge in [0.1, 0.15) is 10.6 Å². The molecule has 6 heteroatoms. The summed E-state index contributed by atoms with van der Waals surface area (Å²) in [6, 6.07) is 5.00. The Morgan fingerprint density at radius 1 is 1.35 bits per heavy atom. The van der Waals surface area contributed by atoms with E-state index >= 15 is 0 Å². The molecule has 0 bridgehead atoms. The standard InChI is InChI=1S/C14H21NO4S/c1-11-5-6-12(19-2)13(9-11)20(17,18)15-10-14(16)7-3-4-8-14/h5-6,9,15-16H,3-4,7-8,10H2,1-2H3. The Balaban J connectivity index is 2.20. The second-order valence-corrected chi connectivity index (χ2v) is 7.15. The molecule has 20 heavy (non-hydrogen) atoms. The molecule has 2 N–H and O–H groups in total. The van der Waals surface area contributed by atoms with Crippen LogP contribution in [0.25, 0.3) is 0 Å². The second kappa shape index (κ2) is 5.71. The lowest BCUT2D eigenvalue weighted by atomic mass is 10.0. The molecular weight excluding hydrogens is 278 g/mol. The number of ether oxygens (including phenoxy) is 1. The Labute approximate surface area is 120 Å². The molecule has 0 heterocycles. The molecule has 0 amide bonds. The first-order chi connectivity index (χ1) is 9.36. The lowest BCUT2D eigenvalue weighted by Crippen LogP contribution is -2.40. The van der Waals surface area contributed by atoms with Crippen LogP contribution in [-0.2, 0) is 10.0 Å². The number of nitrogens with one attached hydrogen (secondary N) is 1. The van der Waals surface area contributed by atoms with Gasteiger partial charge in [-0.15, -0.1) is 0 Å². The van der Waals surface area contributed by atoms with Gasteiger partial charge in [0.25, 0.3) is 0 Å². The number of sulfonamides is 1. The van der Waals surface area contributed by atoms with Crippen molar-refractivity contribution in [1.29, 1.82) is 0 Å². The van der Waals surface area contributed by atoms with Gasteiger partial charge in [-0.05, 0) is 37.5 Å². The monoisotopic (exact) mass is 299 g/mol. The number of aryl methyl sites for hydroxylation is 1. The summed E-state index contributed by atoms with van der Waals surface area (Å²) in [5, 5.41) is 10.2. The molecular formula is C14H21NO4S. The first kappa shape index (κ1) is 15.3. The molecule has 1 aromatic carbocycles. The number of benzene rings is 1. The quantitative estimate of drug-likeness (QED) is 0.865. The lowest BCUT2D eigenvalue weighted by Gasteiger charge is -2.22. The van der Waals surface area contributed by atoms with Crippen LogP contribution in [0, 0.1) is 6.92 Å². The van der Waals surface area contributed by atoms with E-state index in [-0.39, 0.29) is 11.4 Å². The predicted octanol–water partition coefficient (Wildman–Crippen LogP) is 1.59. The van der Waals surface area contributed by atoms with E-state index in [1.165, 1.54) is 7.11 Å². The van der Waals surface area contributed by atoms with E-state index in [1.807, 2.05) is 6.92 Å². The van der Waals surface area contributed by atoms with E-state index in [2.05, 4.69) is 4.72 Å². The van der Waals surface area contributed by atoms with E-state index in [9.17, 15) is 13.5 Å². The van der Waals surface area contributed by atoms with Crippen LogP contribution < -0.4 is 9.46 Å². The summed E-state index contributed by atoms with van der Waals surface area (Å²) in [7, 11) is -2.25. The van der Waals surface area contributed by atoms with Crippen molar-refractivity contribution in [3.05, 3.63) is 23.8 Å². The van der Waals surface area contributed by atoms with Gasteiger partial charge in [-0.2, -0.15) is 0 Å². The molecule has 1 aliphatic rings. The van der Waals surface area contributed by atoms with E-state index < -0.39 is 15.6 Å². The fraction of sp³-hybridized carbons (Fsp3) is 0.571. The minimum Gasteiger partial charge on any atom is -0.495 e. The lowest BCUT2D eigenvalue weighted by molar-refractivity contribution is 0.0531. The molecule has 112 valence electrons. The highest BCUT2D eigenvalue weighted by Crippen LogP contribution is 2.30. The van der Waals surface area contributed by atoms with E-state index in [0.717, 1.165) is 18.4 Å². The first-order valence-electron chi connectivity index (χ1n) is 6.73. The van der Waals surface area contributed by atoms with Crippen molar-refractivity contribution in [1.82, 2.24) is 4.72 Å².